The number of para-hydroxylation sites is 1. The van der Waals surface area contributed by atoms with Crippen molar-refractivity contribution in [3.63, 3.8) is 0 Å². The van der Waals surface area contributed by atoms with Crippen molar-refractivity contribution < 1.29 is 14.4 Å². The van der Waals surface area contributed by atoms with E-state index in [-0.39, 0.29) is 41.4 Å². The van der Waals surface area contributed by atoms with Crippen LogP contribution in [-0.4, -0.2) is 22.7 Å². The maximum Gasteiger partial charge on any atom is 0.248 e. The molecule has 34 heavy (non-hydrogen) atoms. The Bertz CT molecular complexity index is 1390. The Labute approximate surface area is 197 Å². The SMILES string of the molecule is Cc1ccnc2c(NC(=O)/C=C/c3cccc(N4C(=O)[C@@H]5[C@H](C4=O)[C@H]4C=C[C@H]5C4)c3)cccc12. The van der Waals surface area contributed by atoms with Gasteiger partial charge in [0.25, 0.3) is 0 Å². The third-order valence-corrected chi connectivity index (χ3v) is 7.27. The average molecular weight is 450 g/mol. The number of nitrogens with zero attached hydrogens (tertiary/aromatic N) is 2. The normalized spacial score (nSPS) is 25.0. The van der Waals surface area contributed by atoms with Crippen LogP contribution in [0.5, 0.6) is 0 Å². The number of nitrogens with one attached hydrogen (secondary N) is 1. The molecule has 2 heterocycles. The Morgan fingerprint density at radius 2 is 1.76 bits per heavy atom. The molecule has 6 rings (SSSR count). The van der Waals surface area contributed by atoms with Gasteiger partial charge >= 0.3 is 0 Å². The van der Waals surface area contributed by atoms with Crippen LogP contribution >= 0.6 is 0 Å². The molecule has 1 aromatic heterocycles. The van der Waals surface area contributed by atoms with Crippen molar-refractivity contribution >= 4 is 46.1 Å². The van der Waals surface area contributed by atoms with Crippen molar-refractivity contribution in [3.8, 4) is 0 Å². The summed E-state index contributed by atoms with van der Waals surface area (Å²) in [5, 5.41) is 3.89. The first-order valence-corrected chi connectivity index (χ1v) is 11.5. The summed E-state index contributed by atoms with van der Waals surface area (Å²) in [6.45, 7) is 2.01. The fraction of sp³-hybridized carbons (Fsp3) is 0.214. The van der Waals surface area contributed by atoms with Crippen LogP contribution in [0, 0.1) is 30.6 Å². The molecule has 0 unspecified atom stereocenters. The summed E-state index contributed by atoms with van der Waals surface area (Å²) < 4.78 is 0. The van der Waals surface area contributed by atoms with E-state index in [1.807, 2.05) is 37.3 Å². The van der Waals surface area contributed by atoms with Gasteiger partial charge in [0.15, 0.2) is 0 Å². The van der Waals surface area contributed by atoms with E-state index in [2.05, 4.69) is 22.5 Å². The molecule has 1 saturated carbocycles. The van der Waals surface area contributed by atoms with Gasteiger partial charge in [-0.1, -0.05) is 36.4 Å². The molecular weight excluding hydrogens is 426 g/mol. The van der Waals surface area contributed by atoms with E-state index in [0.717, 1.165) is 28.5 Å². The number of pyridine rings is 1. The Morgan fingerprint density at radius 3 is 2.53 bits per heavy atom. The summed E-state index contributed by atoms with van der Waals surface area (Å²) >= 11 is 0. The molecule has 2 bridgehead atoms. The van der Waals surface area contributed by atoms with Crippen LogP contribution in [0.1, 0.15) is 17.5 Å². The molecule has 6 heteroatoms. The smallest absolute Gasteiger partial charge is 0.248 e. The summed E-state index contributed by atoms with van der Waals surface area (Å²) in [5.74, 6) is -0.609. The number of rotatable bonds is 4. The molecule has 4 atom stereocenters. The molecule has 0 radical (unpaired) electrons. The Morgan fingerprint density at radius 1 is 1.03 bits per heavy atom. The molecule has 1 aliphatic heterocycles. The largest absolute Gasteiger partial charge is 0.321 e. The number of fused-ring (bicyclic) bond motifs is 6. The summed E-state index contributed by atoms with van der Waals surface area (Å²) in [5.41, 5.74) is 3.77. The highest BCUT2D eigenvalue weighted by molar-refractivity contribution is 6.23. The molecule has 2 fully saturated rings. The lowest BCUT2D eigenvalue weighted by Gasteiger charge is -2.17. The summed E-state index contributed by atoms with van der Waals surface area (Å²) in [6, 6.07) is 14.8. The molecule has 3 amide bonds. The topological polar surface area (TPSA) is 79.4 Å². The van der Waals surface area contributed by atoms with Crippen LogP contribution in [0.2, 0.25) is 0 Å². The van der Waals surface area contributed by atoms with Gasteiger partial charge in [0.05, 0.1) is 28.7 Å². The van der Waals surface area contributed by atoms with E-state index in [0.29, 0.717) is 11.4 Å². The number of hydrogen-bond donors (Lipinski definition) is 1. The molecule has 0 spiro atoms. The third kappa shape index (κ3) is 3.17. The number of hydrogen-bond acceptors (Lipinski definition) is 4. The fourth-order valence-corrected chi connectivity index (χ4v) is 5.69. The standard InChI is InChI=1S/C28H23N3O3/c1-16-12-13-29-26-21(16)6-3-7-22(26)30-23(32)11-8-17-4-2-5-20(14-17)31-27(33)24-18-9-10-19(15-18)25(24)28(31)34/h2-14,18-19,24-25H,15H2,1H3,(H,30,32)/b11-8+/t18-,19-,24-,25+/m0/s1. The van der Waals surface area contributed by atoms with Gasteiger partial charge in [0, 0.05) is 17.7 Å². The predicted octanol–water partition coefficient (Wildman–Crippen LogP) is 4.51. The Balaban J connectivity index is 1.21. The predicted molar refractivity (Wildman–Crippen MR) is 131 cm³/mol. The maximum atomic E-state index is 13.1. The maximum absolute atomic E-state index is 13.1. The molecule has 3 aliphatic rings. The minimum atomic E-state index is -0.285. The van der Waals surface area contributed by atoms with Crippen molar-refractivity contribution in [1.82, 2.24) is 4.98 Å². The van der Waals surface area contributed by atoms with Crippen LogP contribution in [0.15, 0.2) is 73.0 Å². The number of carbonyl (C=O) groups excluding carboxylic acids is 3. The monoisotopic (exact) mass is 449 g/mol. The van der Waals surface area contributed by atoms with Gasteiger partial charge in [0.2, 0.25) is 17.7 Å². The van der Waals surface area contributed by atoms with Gasteiger partial charge in [-0.15, -0.1) is 0 Å². The van der Waals surface area contributed by atoms with Crippen molar-refractivity contribution in [2.45, 2.75) is 13.3 Å². The van der Waals surface area contributed by atoms with Crippen molar-refractivity contribution in [2.24, 2.45) is 23.7 Å². The number of aryl methyl sites for hydroxylation is 1. The van der Waals surface area contributed by atoms with E-state index in [9.17, 15) is 14.4 Å². The van der Waals surface area contributed by atoms with E-state index in [1.54, 1.807) is 30.5 Å². The number of allylic oxidation sites excluding steroid dienone is 2. The number of amides is 3. The summed E-state index contributed by atoms with van der Waals surface area (Å²) in [7, 11) is 0. The molecule has 168 valence electrons. The lowest BCUT2D eigenvalue weighted by molar-refractivity contribution is -0.123. The number of anilines is 2. The van der Waals surface area contributed by atoms with E-state index in [4.69, 9.17) is 0 Å². The van der Waals surface area contributed by atoms with Crippen molar-refractivity contribution in [2.75, 3.05) is 10.2 Å². The van der Waals surface area contributed by atoms with E-state index in [1.165, 1.54) is 11.0 Å². The second-order valence-corrected chi connectivity index (χ2v) is 9.26. The molecule has 1 N–H and O–H groups in total. The van der Waals surface area contributed by atoms with Crippen molar-refractivity contribution in [3.05, 3.63) is 84.1 Å². The minimum absolute atomic E-state index is 0.107. The molecule has 2 aromatic carbocycles. The third-order valence-electron chi connectivity index (χ3n) is 7.27. The Hall–Kier alpha value is -4.06. The first-order valence-electron chi connectivity index (χ1n) is 11.5. The molecular formula is C28H23N3O3. The molecule has 3 aromatic rings. The van der Waals surface area contributed by atoms with Gasteiger partial charge < -0.3 is 5.32 Å². The molecule has 6 nitrogen and oxygen atoms in total. The summed E-state index contributed by atoms with van der Waals surface area (Å²) in [6.07, 6.45) is 9.94. The lowest BCUT2D eigenvalue weighted by atomic mass is 9.85. The average Bonchev–Trinajstić information content (AvgIpc) is 3.52. The quantitative estimate of drug-likeness (QED) is 0.361. The second kappa shape index (κ2) is 7.76. The summed E-state index contributed by atoms with van der Waals surface area (Å²) in [4.78, 5) is 44.5. The molecule has 2 aliphatic carbocycles. The number of benzene rings is 2. The van der Waals surface area contributed by atoms with E-state index >= 15 is 0 Å². The zero-order valence-corrected chi connectivity index (χ0v) is 18.6. The van der Waals surface area contributed by atoms with Gasteiger partial charge in [-0.3, -0.25) is 19.4 Å². The zero-order chi connectivity index (χ0) is 23.4. The van der Waals surface area contributed by atoms with Crippen LogP contribution in [0.3, 0.4) is 0 Å². The van der Waals surface area contributed by atoms with E-state index < -0.39 is 0 Å². The molecule has 1 saturated heterocycles. The van der Waals surface area contributed by atoms with Gasteiger partial charge in [0.1, 0.15) is 0 Å². The first kappa shape index (κ1) is 20.5. The highest BCUT2D eigenvalue weighted by Crippen LogP contribution is 2.53. The Kier molecular flexibility index (Phi) is 4.69. The van der Waals surface area contributed by atoms with Crippen LogP contribution in [0.25, 0.3) is 17.0 Å². The first-order chi connectivity index (χ1) is 16.5. The highest BCUT2D eigenvalue weighted by atomic mass is 16.2. The second-order valence-electron chi connectivity index (χ2n) is 9.26. The number of imide groups is 1. The minimum Gasteiger partial charge on any atom is -0.321 e. The van der Waals surface area contributed by atoms with Crippen LogP contribution < -0.4 is 10.2 Å². The van der Waals surface area contributed by atoms with Gasteiger partial charge in [-0.05, 0) is 66.6 Å². The van der Waals surface area contributed by atoms with Crippen LogP contribution in [-0.2, 0) is 14.4 Å². The highest BCUT2D eigenvalue weighted by Gasteiger charge is 2.59. The van der Waals surface area contributed by atoms with Crippen LogP contribution in [0.4, 0.5) is 11.4 Å². The zero-order valence-electron chi connectivity index (χ0n) is 18.6. The van der Waals surface area contributed by atoms with Gasteiger partial charge in [-0.2, -0.15) is 0 Å². The fourth-order valence-electron chi connectivity index (χ4n) is 5.69. The number of aromatic nitrogens is 1. The number of carbonyl (C=O) groups is 3. The van der Waals surface area contributed by atoms with Crippen molar-refractivity contribution in [1.29, 1.82) is 0 Å². The van der Waals surface area contributed by atoms with Gasteiger partial charge in [-0.25, -0.2) is 4.90 Å². The lowest BCUT2D eigenvalue weighted by Crippen LogP contribution is -2.32.